The normalized spacial score (nSPS) is 12.7. The number of rotatable bonds is 14. The predicted molar refractivity (Wildman–Crippen MR) is 145 cm³/mol. The van der Waals surface area contributed by atoms with Crippen LogP contribution in [0.25, 0.3) is 11.1 Å². The number of benzene rings is 2. The molecule has 0 aliphatic carbocycles. The molecular weight excluding hydrogens is 460 g/mol. The molecule has 0 radical (unpaired) electrons. The second-order valence-electron chi connectivity index (χ2n) is 9.35. The number of carbonyl (C=O) groups excluding carboxylic acids is 1. The van der Waals surface area contributed by atoms with Gasteiger partial charge in [0.2, 0.25) is 0 Å². The van der Waals surface area contributed by atoms with Crippen molar-refractivity contribution in [2.75, 3.05) is 20.1 Å². The monoisotopic (exact) mass is 496 g/mol. The zero-order valence-electron chi connectivity index (χ0n) is 20.4. The van der Waals surface area contributed by atoms with Gasteiger partial charge in [-0.05, 0) is 92.4 Å². The topological polar surface area (TPSA) is 52.6 Å². The maximum Gasteiger partial charge on any atom is 0.124 e. The molecule has 0 aliphatic rings. The molecule has 34 heavy (non-hydrogen) atoms. The lowest BCUT2D eigenvalue weighted by molar-refractivity contribution is -0.107. The van der Waals surface area contributed by atoms with Crippen molar-refractivity contribution >= 4 is 29.6 Å². The van der Waals surface area contributed by atoms with Crippen molar-refractivity contribution in [3.63, 3.8) is 0 Å². The molecule has 3 aromatic rings. The Labute approximate surface area is 212 Å². The number of thiophene rings is 1. The number of likely N-dealkylation sites (N-methyl/N-ethyl adjacent to an activating group) is 1. The van der Waals surface area contributed by atoms with Crippen LogP contribution in [0.4, 0.5) is 0 Å². The molecule has 0 aliphatic heterocycles. The van der Waals surface area contributed by atoms with Crippen molar-refractivity contribution in [1.82, 2.24) is 9.62 Å². The van der Waals surface area contributed by atoms with Gasteiger partial charge in [0.25, 0.3) is 0 Å². The molecule has 1 atom stereocenters. The summed E-state index contributed by atoms with van der Waals surface area (Å²) in [5.74, 6) is 0. The largest absolute Gasteiger partial charge is 0.390 e. The molecule has 0 spiro atoms. The molecule has 2 aromatic carbocycles. The van der Waals surface area contributed by atoms with E-state index in [1.165, 1.54) is 4.88 Å². The van der Waals surface area contributed by atoms with Gasteiger partial charge < -0.3 is 15.2 Å². The van der Waals surface area contributed by atoms with E-state index in [0.29, 0.717) is 19.5 Å². The van der Waals surface area contributed by atoms with Crippen LogP contribution >= 0.6 is 23.3 Å². The minimum absolute atomic E-state index is 0.000442. The Kier molecular flexibility index (Phi) is 10.4. The van der Waals surface area contributed by atoms with E-state index in [4.69, 9.17) is 0 Å². The first-order chi connectivity index (χ1) is 16.3. The van der Waals surface area contributed by atoms with E-state index in [1.54, 1.807) is 11.9 Å². The van der Waals surface area contributed by atoms with Crippen LogP contribution in [0.15, 0.2) is 70.9 Å². The van der Waals surface area contributed by atoms with E-state index in [9.17, 15) is 9.90 Å². The molecule has 2 N–H and O–H groups in total. The summed E-state index contributed by atoms with van der Waals surface area (Å²) in [6.07, 6.45) is 4.27. The van der Waals surface area contributed by atoms with Crippen LogP contribution in [0.5, 0.6) is 0 Å². The highest BCUT2D eigenvalue weighted by atomic mass is 32.2. The molecular formula is C28H36N2O2S2. The number of carbonyl (C=O) groups is 1. The van der Waals surface area contributed by atoms with Gasteiger partial charge in [-0.25, -0.2) is 4.31 Å². The zero-order chi connectivity index (χ0) is 24.4. The van der Waals surface area contributed by atoms with Crippen LogP contribution in [0, 0.1) is 0 Å². The van der Waals surface area contributed by atoms with E-state index >= 15 is 0 Å². The van der Waals surface area contributed by atoms with E-state index in [1.807, 2.05) is 30.5 Å². The van der Waals surface area contributed by atoms with Crippen LogP contribution < -0.4 is 5.32 Å². The summed E-state index contributed by atoms with van der Waals surface area (Å²) in [5.41, 5.74) is 3.30. The number of aliphatic hydroxyl groups excluding tert-OH is 1. The number of aryl methyl sites for hydroxylation is 1. The lowest BCUT2D eigenvalue weighted by Gasteiger charge is -2.29. The van der Waals surface area contributed by atoms with Crippen LogP contribution in [-0.2, 0) is 17.6 Å². The van der Waals surface area contributed by atoms with Gasteiger partial charge in [-0.3, -0.25) is 0 Å². The van der Waals surface area contributed by atoms with Crippen molar-refractivity contribution in [3.05, 3.63) is 76.5 Å². The van der Waals surface area contributed by atoms with Gasteiger partial charge in [0.15, 0.2) is 0 Å². The number of nitrogens with zero attached hydrogens (tertiary/aromatic N) is 1. The summed E-state index contributed by atoms with van der Waals surface area (Å²) in [6, 6.07) is 20.8. The van der Waals surface area contributed by atoms with Gasteiger partial charge in [-0.15, -0.1) is 11.3 Å². The van der Waals surface area contributed by atoms with Crippen molar-refractivity contribution in [1.29, 1.82) is 0 Å². The molecule has 4 nitrogen and oxygen atoms in total. The highest BCUT2D eigenvalue weighted by molar-refractivity contribution is 7.97. The molecule has 0 bridgehead atoms. The smallest absolute Gasteiger partial charge is 0.124 e. The molecule has 182 valence electrons. The van der Waals surface area contributed by atoms with Gasteiger partial charge in [0.1, 0.15) is 6.29 Å². The van der Waals surface area contributed by atoms with Crippen LogP contribution in [-0.4, -0.2) is 47.5 Å². The van der Waals surface area contributed by atoms with E-state index in [-0.39, 0.29) is 5.54 Å². The summed E-state index contributed by atoms with van der Waals surface area (Å²) in [6.45, 7) is 5.57. The summed E-state index contributed by atoms with van der Waals surface area (Å²) < 4.78 is 2.09. The summed E-state index contributed by atoms with van der Waals surface area (Å²) in [4.78, 5) is 13.3. The van der Waals surface area contributed by atoms with Gasteiger partial charge in [0, 0.05) is 34.8 Å². The lowest BCUT2D eigenvalue weighted by Crippen LogP contribution is -2.45. The summed E-state index contributed by atoms with van der Waals surface area (Å²) in [7, 11) is 2.01. The Balaban J connectivity index is 1.44. The minimum Gasteiger partial charge on any atom is -0.390 e. The molecule has 0 fully saturated rings. The number of β-amino-alcohol motifs (C(OH)–C–C–N with tert-alkyl or cyclic N) is 1. The fourth-order valence-corrected chi connectivity index (χ4v) is 5.56. The fourth-order valence-electron chi connectivity index (χ4n) is 3.88. The Bertz CT molecular complexity index is 1000. The Hall–Kier alpha value is -1.96. The van der Waals surface area contributed by atoms with Gasteiger partial charge >= 0.3 is 0 Å². The average Bonchev–Trinajstić information content (AvgIpc) is 3.32. The van der Waals surface area contributed by atoms with Gasteiger partial charge in [0.05, 0.1) is 6.10 Å². The standard InChI is InChI=1S/C28H36N2O2S2/c1-28(2,16-5-9-26-10-6-18-33-26)29-20-25(32)21-30(3)34-27-8-4-7-24(19-27)23-13-11-22(12-14-23)15-17-31/h4,6-8,10-14,17-19,25,29,32H,5,9,15-16,20-21H2,1-3H3. The zero-order valence-corrected chi connectivity index (χ0v) is 22.0. The third kappa shape index (κ3) is 9.01. The number of hydrogen-bond acceptors (Lipinski definition) is 6. The van der Waals surface area contributed by atoms with Crippen molar-refractivity contribution in [2.45, 2.75) is 56.1 Å². The lowest BCUT2D eigenvalue weighted by atomic mass is 9.96. The minimum atomic E-state index is -0.442. The Morgan fingerprint density at radius 2 is 1.91 bits per heavy atom. The highest BCUT2D eigenvalue weighted by Gasteiger charge is 2.19. The van der Waals surface area contributed by atoms with E-state index in [0.717, 1.165) is 47.1 Å². The highest BCUT2D eigenvalue weighted by Crippen LogP contribution is 2.27. The van der Waals surface area contributed by atoms with Gasteiger partial charge in [-0.2, -0.15) is 0 Å². The molecule has 0 amide bonds. The Morgan fingerprint density at radius 3 is 2.62 bits per heavy atom. The maximum atomic E-state index is 10.7. The van der Waals surface area contributed by atoms with Crippen molar-refractivity contribution in [3.8, 4) is 11.1 Å². The predicted octanol–water partition coefficient (Wildman–Crippen LogP) is 5.85. The number of aldehydes is 1. The molecule has 1 heterocycles. The fraction of sp³-hybridized carbons (Fsp3) is 0.393. The first-order valence-electron chi connectivity index (χ1n) is 11.8. The average molecular weight is 497 g/mol. The van der Waals surface area contributed by atoms with E-state index < -0.39 is 6.10 Å². The van der Waals surface area contributed by atoms with Crippen LogP contribution in [0.1, 0.15) is 37.1 Å². The molecule has 6 heteroatoms. The second kappa shape index (κ2) is 13.2. The number of aliphatic hydroxyl groups is 1. The molecule has 3 rings (SSSR count). The van der Waals surface area contributed by atoms with Crippen molar-refractivity contribution in [2.24, 2.45) is 0 Å². The summed E-state index contributed by atoms with van der Waals surface area (Å²) >= 11 is 3.46. The first kappa shape index (κ1) is 26.6. The number of nitrogens with one attached hydrogen (secondary N) is 1. The SMILES string of the molecule is CN(CC(O)CNC(C)(C)CCCc1cccs1)Sc1cccc(-c2ccc(CC=O)cc2)c1. The molecule has 0 saturated carbocycles. The first-order valence-corrected chi connectivity index (χ1v) is 13.5. The third-order valence-corrected chi connectivity index (χ3v) is 7.65. The third-order valence-electron chi connectivity index (χ3n) is 5.79. The molecule has 0 saturated heterocycles. The van der Waals surface area contributed by atoms with Gasteiger partial charge in [-0.1, -0.05) is 42.5 Å². The summed E-state index contributed by atoms with van der Waals surface area (Å²) in [5, 5.41) is 16.3. The van der Waals surface area contributed by atoms with E-state index in [2.05, 4.69) is 77.4 Å². The quantitative estimate of drug-likeness (QED) is 0.217. The maximum absolute atomic E-state index is 10.7. The van der Waals surface area contributed by atoms with Crippen LogP contribution in [0.2, 0.25) is 0 Å². The Morgan fingerprint density at radius 1 is 1.12 bits per heavy atom. The van der Waals surface area contributed by atoms with Crippen molar-refractivity contribution < 1.29 is 9.90 Å². The molecule has 1 unspecified atom stereocenters. The second-order valence-corrected chi connectivity index (χ2v) is 11.7. The van der Waals surface area contributed by atoms with Crippen LogP contribution in [0.3, 0.4) is 0 Å². The molecule has 1 aromatic heterocycles. The number of hydrogen-bond donors (Lipinski definition) is 2.